The molecule has 1 aliphatic rings. The number of aromatic nitrogens is 2. The molecule has 96 valence electrons. The molecule has 0 bridgehead atoms. The normalized spacial score (nSPS) is 24.7. The molecule has 1 aromatic rings. The van der Waals surface area contributed by atoms with Crippen LogP contribution < -0.4 is 5.32 Å². The van der Waals surface area contributed by atoms with Crippen LogP contribution in [0.25, 0.3) is 0 Å². The molecule has 4 heteroatoms. The fraction of sp³-hybridized carbons (Fsp3) is 0.846. The molecule has 0 saturated heterocycles. The minimum absolute atomic E-state index is 0.507. The summed E-state index contributed by atoms with van der Waals surface area (Å²) in [7, 11) is 0. The predicted octanol–water partition coefficient (Wildman–Crippen LogP) is 2.51. The van der Waals surface area contributed by atoms with Gasteiger partial charge in [0.25, 0.3) is 0 Å². The van der Waals surface area contributed by atoms with Crippen molar-refractivity contribution in [1.82, 2.24) is 15.5 Å². The van der Waals surface area contributed by atoms with Crippen LogP contribution in [-0.4, -0.2) is 22.7 Å². The van der Waals surface area contributed by atoms with E-state index in [-0.39, 0.29) is 0 Å². The van der Waals surface area contributed by atoms with E-state index in [0.29, 0.717) is 12.0 Å². The lowest BCUT2D eigenvalue weighted by Crippen LogP contribution is -2.25. The molecule has 4 nitrogen and oxygen atoms in total. The van der Waals surface area contributed by atoms with E-state index in [1.54, 1.807) is 0 Å². The zero-order valence-corrected chi connectivity index (χ0v) is 11.1. The van der Waals surface area contributed by atoms with Crippen LogP contribution in [-0.2, 0) is 6.42 Å². The number of nitrogens with one attached hydrogen (secondary N) is 1. The van der Waals surface area contributed by atoms with Gasteiger partial charge in [-0.3, -0.25) is 0 Å². The van der Waals surface area contributed by atoms with Crippen molar-refractivity contribution in [1.29, 1.82) is 0 Å². The van der Waals surface area contributed by atoms with Crippen molar-refractivity contribution in [2.75, 3.05) is 6.54 Å². The van der Waals surface area contributed by atoms with Crippen LogP contribution in [0.5, 0.6) is 0 Å². The van der Waals surface area contributed by atoms with Crippen LogP contribution in [0.3, 0.4) is 0 Å². The molecule has 1 saturated carbocycles. The average molecular weight is 237 g/mol. The summed E-state index contributed by atoms with van der Waals surface area (Å²) < 4.78 is 5.29. The topological polar surface area (TPSA) is 51.0 Å². The Bertz CT molecular complexity index is 348. The van der Waals surface area contributed by atoms with Crippen LogP contribution in [0.4, 0.5) is 0 Å². The van der Waals surface area contributed by atoms with Gasteiger partial charge >= 0.3 is 0 Å². The molecule has 1 heterocycles. The van der Waals surface area contributed by atoms with Crippen LogP contribution >= 0.6 is 0 Å². The highest BCUT2D eigenvalue weighted by molar-refractivity contribution is 4.99. The summed E-state index contributed by atoms with van der Waals surface area (Å²) in [4.78, 5) is 4.51. The van der Waals surface area contributed by atoms with Crippen LogP contribution in [0.2, 0.25) is 0 Å². The molecule has 0 spiro atoms. The van der Waals surface area contributed by atoms with Crippen molar-refractivity contribution < 1.29 is 4.52 Å². The van der Waals surface area contributed by atoms with E-state index in [9.17, 15) is 0 Å². The van der Waals surface area contributed by atoms with Gasteiger partial charge in [-0.1, -0.05) is 25.9 Å². The van der Waals surface area contributed by atoms with Crippen molar-refractivity contribution in [2.45, 2.75) is 58.4 Å². The lowest BCUT2D eigenvalue weighted by Gasteiger charge is -2.04. The minimum atomic E-state index is 0.507. The highest BCUT2D eigenvalue weighted by Gasteiger charge is 2.26. The Morgan fingerprint density at radius 3 is 2.88 bits per heavy atom. The van der Waals surface area contributed by atoms with E-state index in [0.717, 1.165) is 30.6 Å². The summed E-state index contributed by atoms with van der Waals surface area (Å²) in [6.07, 6.45) is 4.55. The summed E-state index contributed by atoms with van der Waals surface area (Å²) in [5.74, 6) is 3.03. The molecule has 1 aromatic heterocycles. The smallest absolute Gasteiger partial charge is 0.227 e. The first-order valence-electron chi connectivity index (χ1n) is 6.71. The summed E-state index contributed by atoms with van der Waals surface area (Å²) in [5.41, 5.74) is 0. The molecular weight excluding hydrogens is 214 g/mol. The molecule has 17 heavy (non-hydrogen) atoms. The molecule has 0 aromatic carbocycles. The van der Waals surface area contributed by atoms with Gasteiger partial charge in [-0.05, 0) is 25.2 Å². The van der Waals surface area contributed by atoms with Crippen molar-refractivity contribution in [3.8, 4) is 0 Å². The summed E-state index contributed by atoms with van der Waals surface area (Å²) in [5, 5.41) is 7.47. The van der Waals surface area contributed by atoms with E-state index in [4.69, 9.17) is 4.52 Å². The van der Waals surface area contributed by atoms with Gasteiger partial charge in [0.1, 0.15) is 0 Å². The molecule has 2 atom stereocenters. The lowest BCUT2D eigenvalue weighted by atomic mass is 10.1. The number of hydrogen-bond donors (Lipinski definition) is 1. The molecule has 1 N–H and O–H groups in total. The largest absolute Gasteiger partial charge is 0.339 e. The van der Waals surface area contributed by atoms with Gasteiger partial charge in [0.15, 0.2) is 5.82 Å². The molecule has 2 unspecified atom stereocenters. The molecule has 0 radical (unpaired) electrons. The third-order valence-corrected chi connectivity index (χ3v) is 3.44. The second-order valence-electron chi connectivity index (χ2n) is 5.52. The number of rotatable bonds is 5. The van der Waals surface area contributed by atoms with Crippen molar-refractivity contribution in [3.63, 3.8) is 0 Å². The first-order chi connectivity index (χ1) is 8.15. The Kier molecular flexibility index (Phi) is 4.15. The van der Waals surface area contributed by atoms with Crippen molar-refractivity contribution >= 4 is 0 Å². The first-order valence-corrected chi connectivity index (χ1v) is 6.71. The van der Waals surface area contributed by atoms with Crippen molar-refractivity contribution in [3.05, 3.63) is 11.7 Å². The van der Waals surface area contributed by atoms with E-state index in [2.05, 4.69) is 36.2 Å². The maximum atomic E-state index is 5.29. The molecular formula is C13H23N3O. The van der Waals surface area contributed by atoms with Gasteiger partial charge in [0, 0.05) is 24.9 Å². The fourth-order valence-electron chi connectivity index (χ4n) is 2.44. The highest BCUT2D eigenvalue weighted by atomic mass is 16.5. The van der Waals surface area contributed by atoms with Crippen molar-refractivity contribution in [2.24, 2.45) is 5.92 Å². The van der Waals surface area contributed by atoms with Crippen LogP contribution in [0.1, 0.15) is 57.7 Å². The Hall–Kier alpha value is -0.900. The number of nitrogens with zero attached hydrogens (tertiary/aromatic N) is 2. The minimum Gasteiger partial charge on any atom is -0.339 e. The highest BCUT2D eigenvalue weighted by Crippen LogP contribution is 2.36. The Morgan fingerprint density at radius 2 is 2.24 bits per heavy atom. The van der Waals surface area contributed by atoms with E-state index >= 15 is 0 Å². The standard InChI is InChI=1S/C13H23N3O/c1-9(2)14-7-6-12-15-13(16-17-12)11-5-4-10(3)8-11/h9-11,14H,4-8H2,1-3H3. The zero-order chi connectivity index (χ0) is 12.3. The lowest BCUT2D eigenvalue weighted by molar-refractivity contribution is 0.365. The fourth-order valence-corrected chi connectivity index (χ4v) is 2.44. The van der Waals surface area contributed by atoms with E-state index in [1.807, 2.05) is 0 Å². The Labute approximate surface area is 103 Å². The van der Waals surface area contributed by atoms with Gasteiger partial charge in [0.2, 0.25) is 5.89 Å². The average Bonchev–Trinajstić information content (AvgIpc) is 2.86. The molecule has 2 rings (SSSR count). The van der Waals surface area contributed by atoms with Gasteiger partial charge in [-0.15, -0.1) is 0 Å². The maximum absolute atomic E-state index is 5.29. The molecule has 1 fully saturated rings. The quantitative estimate of drug-likeness (QED) is 0.855. The second-order valence-corrected chi connectivity index (χ2v) is 5.52. The monoisotopic (exact) mass is 237 g/mol. The molecule has 0 amide bonds. The first kappa shape index (κ1) is 12.6. The summed E-state index contributed by atoms with van der Waals surface area (Å²) >= 11 is 0. The third kappa shape index (κ3) is 3.53. The summed E-state index contributed by atoms with van der Waals surface area (Å²) in [6.45, 7) is 7.48. The van der Waals surface area contributed by atoms with E-state index in [1.165, 1.54) is 19.3 Å². The van der Waals surface area contributed by atoms with Crippen LogP contribution in [0, 0.1) is 5.92 Å². The van der Waals surface area contributed by atoms with E-state index < -0.39 is 0 Å². The Morgan fingerprint density at radius 1 is 1.41 bits per heavy atom. The second kappa shape index (κ2) is 5.63. The van der Waals surface area contributed by atoms with Gasteiger partial charge < -0.3 is 9.84 Å². The molecule has 1 aliphatic carbocycles. The summed E-state index contributed by atoms with van der Waals surface area (Å²) in [6, 6.07) is 0.507. The van der Waals surface area contributed by atoms with Gasteiger partial charge in [-0.2, -0.15) is 4.98 Å². The number of hydrogen-bond acceptors (Lipinski definition) is 4. The predicted molar refractivity (Wildman–Crippen MR) is 66.9 cm³/mol. The van der Waals surface area contributed by atoms with Crippen LogP contribution in [0.15, 0.2) is 4.52 Å². The maximum Gasteiger partial charge on any atom is 0.227 e. The SMILES string of the molecule is CC1CCC(c2noc(CCNC(C)C)n2)C1. The van der Waals surface area contributed by atoms with Gasteiger partial charge in [-0.25, -0.2) is 0 Å². The third-order valence-electron chi connectivity index (χ3n) is 3.44. The zero-order valence-electron chi connectivity index (χ0n) is 11.1. The Balaban J connectivity index is 1.83. The molecule has 0 aliphatic heterocycles. The van der Waals surface area contributed by atoms with Gasteiger partial charge in [0.05, 0.1) is 0 Å².